The quantitative estimate of drug-likeness (QED) is 0.129. The number of halogens is 4. The van der Waals surface area contributed by atoms with Gasteiger partial charge < -0.3 is 33.6 Å². The molecule has 0 radical (unpaired) electrons. The summed E-state index contributed by atoms with van der Waals surface area (Å²) in [5.41, 5.74) is -0.176. The van der Waals surface area contributed by atoms with Gasteiger partial charge >= 0.3 is 6.36 Å². The van der Waals surface area contributed by atoms with Gasteiger partial charge in [-0.25, -0.2) is 14.4 Å². The lowest BCUT2D eigenvalue weighted by molar-refractivity contribution is -0.274. The molecule has 0 bridgehead atoms. The van der Waals surface area contributed by atoms with Crippen LogP contribution in [0, 0.1) is 12.7 Å². The van der Waals surface area contributed by atoms with Gasteiger partial charge in [-0.1, -0.05) is 0 Å². The number of ether oxygens (including phenoxy) is 5. The number of methoxy groups -OCH3 is 1. The molecule has 0 spiro atoms. The van der Waals surface area contributed by atoms with Crippen LogP contribution < -0.4 is 29.7 Å². The van der Waals surface area contributed by atoms with Crippen LogP contribution in [0.3, 0.4) is 0 Å². The zero-order valence-corrected chi connectivity index (χ0v) is 27.8. The second-order valence-corrected chi connectivity index (χ2v) is 11.6. The number of carbonyl (C=O) groups excluding carboxylic acids is 1. The van der Waals surface area contributed by atoms with Crippen molar-refractivity contribution in [3.8, 4) is 28.9 Å². The van der Waals surface area contributed by atoms with Crippen molar-refractivity contribution in [2.75, 3.05) is 51.9 Å². The molecule has 12 nitrogen and oxygen atoms in total. The Morgan fingerprint density at radius 3 is 2.51 bits per heavy atom. The van der Waals surface area contributed by atoms with Gasteiger partial charge in [0.1, 0.15) is 17.6 Å². The molecule has 1 fully saturated rings. The topological polar surface area (TPSA) is 126 Å². The number of aromatic nitrogens is 3. The first kappa shape index (κ1) is 35.3. The van der Waals surface area contributed by atoms with Crippen LogP contribution in [0.1, 0.15) is 22.5 Å². The Morgan fingerprint density at radius 1 is 1.00 bits per heavy atom. The van der Waals surface area contributed by atoms with Gasteiger partial charge in [0, 0.05) is 50.2 Å². The molecule has 2 aromatic heterocycles. The van der Waals surface area contributed by atoms with E-state index in [1.54, 1.807) is 19.2 Å². The number of hydrogen-bond donors (Lipinski definition) is 1. The molecule has 1 N–H and O–H groups in total. The normalized spacial score (nSPS) is 13.7. The van der Waals surface area contributed by atoms with E-state index in [4.69, 9.17) is 18.9 Å². The van der Waals surface area contributed by atoms with E-state index in [1.165, 1.54) is 43.1 Å². The van der Waals surface area contributed by atoms with Crippen LogP contribution in [-0.2, 0) is 11.8 Å². The number of nitrogens with zero attached hydrogens (tertiary/aromatic N) is 4. The van der Waals surface area contributed by atoms with E-state index in [2.05, 4.69) is 24.9 Å². The molecular weight excluding hydrogens is 678 g/mol. The number of benzene rings is 3. The third-order valence-corrected chi connectivity index (χ3v) is 8.39. The van der Waals surface area contributed by atoms with Crippen molar-refractivity contribution in [1.29, 1.82) is 0 Å². The Hall–Kier alpha value is -5.48. The highest BCUT2D eigenvalue weighted by Crippen LogP contribution is 2.37. The van der Waals surface area contributed by atoms with Crippen molar-refractivity contribution >= 4 is 33.4 Å². The summed E-state index contributed by atoms with van der Waals surface area (Å²) in [6.07, 6.45) is -2.94. The minimum Gasteiger partial charge on any atom is -0.493 e. The van der Waals surface area contributed by atoms with E-state index >= 15 is 4.39 Å². The molecule has 16 heteroatoms. The van der Waals surface area contributed by atoms with Crippen LogP contribution in [-0.4, -0.2) is 78.3 Å². The van der Waals surface area contributed by atoms with E-state index in [9.17, 15) is 22.8 Å². The van der Waals surface area contributed by atoms with Crippen LogP contribution in [0.25, 0.3) is 21.8 Å². The van der Waals surface area contributed by atoms with E-state index in [0.29, 0.717) is 42.2 Å². The van der Waals surface area contributed by atoms with Crippen LogP contribution in [0.4, 0.5) is 23.2 Å². The number of alkyl halides is 3. The van der Waals surface area contributed by atoms with E-state index in [0.717, 1.165) is 44.3 Å². The van der Waals surface area contributed by atoms with Gasteiger partial charge in [0.15, 0.2) is 23.1 Å². The molecule has 1 saturated heterocycles. The summed E-state index contributed by atoms with van der Waals surface area (Å²) in [6.45, 7) is 5.96. The molecule has 268 valence electrons. The lowest BCUT2D eigenvalue weighted by Gasteiger charge is -2.26. The maximum Gasteiger partial charge on any atom is 0.573 e. The smallest absolute Gasteiger partial charge is 0.493 e. The Kier molecular flexibility index (Phi) is 10.2. The molecule has 1 amide bonds. The molecule has 0 aliphatic carbocycles. The van der Waals surface area contributed by atoms with E-state index in [1.807, 2.05) is 0 Å². The molecule has 1 aliphatic rings. The number of nitrogens with one attached hydrogen (secondary N) is 1. The Balaban J connectivity index is 1.20. The molecular formula is C35H33F4N5O7. The van der Waals surface area contributed by atoms with Gasteiger partial charge in [-0.2, -0.15) is 0 Å². The Labute approximate surface area is 288 Å². The third kappa shape index (κ3) is 7.97. The van der Waals surface area contributed by atoms with Crippen LogP contribution in [0.2, 0.25) is 0 Å². The SMILES string of the molecule is COc1cc2ncnc(Oc3ccc(NC(=O)c4c(C)n(C)c5ccc(OC(F)(F)F)cc5c4=O)cc3F)c2cc1OCCCN1CCOCC1. The second-order valence-electron chi connectivity index (χ2n) is 11.6. The fraction of sp³-hybridized carbons (Fsp3) is 0.314. The van der Waals surface area contributed by atoms with Crippen molar-refractivity contribution in [2.24, 2.45) is 7.05 Å². The average Bonchev–Trinajstić information content (AvgIpc) is 3.10. The van der Waals surface area contributed by atoms with Crippen molar-refractivity contribution in [1.82, 2.24) is 19.4 Å². The summed E-state index contributed by atoms with van der Waals surface area (Å²) < 4.78 is 82.0. The van der Waals surface area contributed by atoms with E-state index < -0.39 is 29.3 Å². The molecule has 0 unspecified atom stereocenters. The molecule has 3 heterocycles. The van der Waals surface area contributed by atoms with Crippen LogP contribution in [0.5, 0.6) is 28.9 Å². The molecule has 1 aliphatic heterocycles. The highest BCUT2D eigenvalue weighted by atomic mass is 19.4. The maximum atomic E-state index is 15.4. The summed E-state index contributed by atoms with van der Waals surface area (Å²) in [5.74, 6) is -1.64. The maximum absolute atomic E-state index is 15.4. The molecule has 3 aromatic carbocycles. The van der Waals surface area contributed by atoms with Gasteiger partial charge in [-0.15, -0.1) is 13.2 Å². The largest absolute Gasteiger partial charge is 0.573 e. The van der Waals surface area contributed by atoms with Gasteiger partial charge in [0.25, 0.3) is 5.91 Å². The molecule has 5 aromatic rings. The summed E-state index contributed by atoms with van der Waals surface area (Å²) in [6, 6.07) is 10.2. The summed E-state index contributed by atoms with van der Waals surface area (Å²) in [5, 5.41) is 2.76. The van der Waals surface area contributed by atoms with Crippen molar-refractivity contribution in [2.45, 2.75) is 19.7 Å². The van der Waals surface area contributed by atoms with Gasteiger partial charge in [0.05, 0.1) is 48.7 Å². The first-order valence-corrected chi connectivity index (χ1v) is 15.9. The predicted octanol–water partition coefficient (Wildman–Crippen LogP) is 5.98. The van der Waals surface area contributed by atoms with Crippen molar-refractivity contribution in [3.05, 3.63) is 82.2 Å². The van der Waals surface area contributed by atoms with Crippen molar-refractivity contribution in [3.63, 3.8) is 0 Å². The highest BCUT2D eigenvalue weighted by Gasteiger charge is 2.31. The third-order valence-electron chi connectivity index (χ3n) is 8.39. The zero-order chi connectivity index (χ0) is 36.3. The first-order valence-electron chi connectivity index (χ1n) is 15.9. The van der Waals surface area contributed by atoms with Gasteiger partial charge in [0.2, 0.25) is 11.3 Å². The fourth-order valence-corrected chi connectivity index (χ4v) is 5.75. The van der Waals surface area contributed by atoms with Crippen LogP contribution >= 0.6 is 0 Å². The number of pyridine rings is 1. The standard InChI is InChI=1S/C35H33F4N5O7/c1-20-31(32(45)24-16-22(51-35(37,38)39)6-7-27(24)43(20)2)33(46)42-21-5-8-28(25(36)15-21)50-34-23-17-30(29(47-3)18-26(23)40-19-41-34)49-12-4-9-44-10-13-48-14-11-44/h5-8,15-19H,4,9-14H2,1-3H3,(H,42,46). The highest BCUT2D eigenvalue weighted by molar-refractivity contribution is 6.07. The minimum absolute atomic E-state index is 0.00870. The molecule has 6 rings (SSSR count). The Morgan fingerprint density at radius 2 is 1.78 bits per heavy atom. The lowest BCUT2D eigenvalue weighted by atomic mass is 10.1. The molecule has 0 saturated carbocycles. The number of rotatable bonds is 11. The molecule has 0 atom stereocenters. The lowest BCUT2D eigenvalue weighted by Crippen LogP contribution is -2.37. The summed E-state index contributed by atoms with van der Waals surface area (Å²) in [4.78, 5) is 37.4. The number of morpholine rings is 1. The summed E-state index contributed by atoms with van der Waals surface area (Å²) in [7, 11) is 3.07. The predicted molar refractivity (Wildman–Crippen MR) is 178 cm³/mol. The van der Waals surface area contributed by atoms with E-state index in [-0.39, 0.29) is 39.5 Å². The van der Waals surface area contributed by atoms with Gasteiger partial charge in [-0.05, 0) is 49.7 Å². The zero-order valence-electron chi connectivity index (χ0n) is 27.8. The number of hydrogen-bond acceptors (Lipinski definition) is 10. The monoisotopic (exact) mass is 711 g/mol. The number of carbonyl (C=O) groups is 1. The minimum atomic E-state index is -4.97. The second kappa shape index (κ2) is 14.8. The summed E-state index contributed by atoms with van der Waals surface area (Å²) >= 11 is 0. The molecule has 51 heavy (non-hydrogen) atoms. The first-order chi connectivity index (χ1) is 24.4. The Bertz CT molecular complexity index is 2150. The van der Waals surface area contributed by atoms with Gasteiger partial charge in [-0.3, -0.25) is 14.5 Å². The number of aryl methyl sites for hydroxylation is 1. The number of anilines is 1. The number of fused-ring (bicyclic) bond motifs is 2. The fourth-order valence-electron chi connectivity index (χ4n) is 5.75. The number of amides is 1. The average molecular weight is 712 g/mol. The van der Waals surface area contributed by atoms with Crippen molar-refractivity contribution < 1.29 is 46.0 Å². The van der Waals surface area contributed by atoms with Crippen LogP contribution in [0.15, 0.2) is 59.7 Å².